The first kappa shape index (κ1) is 18.4. The molecule has 0 aliphatic heterocycles. The molecule has 0 fully saturated rings. The van der Waals surface area contributed by atoms with Crippen LogP contribution in [-0.2, 0) is 16.0 Å². The van der Waals surface area contributed by atoms with E-state index in [1.807, 2.05) is 30.3 Å². The van der Waals surface area contributed by atoms with Gasteiger partial charge in [0.1, 0.15) is 17.4 Å². The van der Waals surface area contributed by atoms with Gasteiger partial charge in [0.25, 0.3) is 0 Å². The topological polar surface area (TPSA) is 89.6 Å². The van der Waals surface area contributed by atoms with Crippen molar-refractivity contribution in [1.29, 1.82) is 0 Å². The zero-order chi connectivity index (χ0) is 15.2. The quantitative estimate of drug-likeness (QED) is 0.419. The maximum atomic E-state index is 11.8. The maximum Gasteiger partial charge on any atom is 1.00 e. The molecular formula is C16H16NNaO4. The number of hydrogen-bond donors (Lipinski definition) is 2. The molecule has 5 nitrogen and oxygen atoms in total. The van der Waals surface area contributed by atoms with E-state index < -0.39 is 18.0 Å². The minimum absolute atomic E-state index is 0. The number of benzene rings is 2. The Hall–Kier alpha value is -1.66. The molecule has 0 saturated heterocycles. The predicted octanol–water partition coefficient (Wildman–Crippen LogP) is -1.24. The minimum atomic E-state index is -0.942. The van der Waals surface area contributed by atoms with Crippen LogP contribution in [0.5, 0.6) is 5.75 Å². The molecule has 2 rings (SSSR count). The third-order valence-corrected chi connectivity index (χ3v) is 2.92. The molecule has 3 N–H and O–H groups in total. The Morgan fingerprint density at radius 2 is 1.68 bits per heavy atom. The number of carbonyl (C=O) groups excluding carboxylic acids is 2. The summed E-state index contributed by atoms with van der Waals surface area (Å²) in [5.41, 5.74) is 6.53. The monoisotopic (exact) mass is 309 g/mol. The number of carbonyl (C=O) groups is 2. The normalized spacial score (nSPS) is 11.1. The number of para-hydroxylation sites is 1. The zero-order valence-electron chi connectivity index (χ0n) is 13.2. The van der Waals surface area contributed by atoms with Crippen LogP contribution in [-0.4, -0.2) is 23.1 Å². The molecule has 0 saturated carbocycles. The van der Waals surface area contributed by atoms with Gasteiger partial charge in [-0.25, -0.2) is 9.59 Å². The van der Waals surface area contributed by atoms with Crippen molar-refractivity contribution in [3.63, 3.8) is 0 Å². The first-order valence-corrected chi connectivity index (χ1v) is 6.41. The molecule has 0 unspecified atom stereocenters. The number of esters is 2. The Morgan fingerprint density at radius 1 is 1.09 bits per heavy atom. The molecule has 0 heterocycles. The van der Waals surface area contributed by atoms with E-state index in [-0.39, 0.29) is 48.7 Å². The van der Waals surface area contributed by atoms with E-state index >= 15 is 0 Å². The second-order valence-electron chi connectivity index (χ2n) is 4.52. The molecule has 2 aromatic rings. The van der Waals surface area contributed by atoms with Crippen molar-refractivity contribution >= 4 is 11.9 Å². The van der Waals surface area contributed by atoms with Crippen LogP contribution >= 0.6 is 0 Å². The number of aromatic hydroxyl groups is 1. The van der Waals surface area contributed by atoms with Gasteiger partial charge in [-0.05, 0) is 24.1 Å². The Kier molecular flexibility index (Phi) is 7.27. The van der Waals surface area contributed by atoms with Crippen molar-refractivity contribution in [2.45, 2.75) is 12.5 Å². The molecule has 22 heavy (non-hydrogen) atoms. The van der Waals surface area contributed by atoms with Gasteiger partial charge < -0.3 is 17.0 Å². The van der Waals surface area contributed by atoms with Gasteiger partial charge in [-0.3, -0.25) is 0 Å². The van der Waals surface area contributed by atoms with Gasteiger partial charge in [0.15, 0.2) is 0 Å². The van der Waals surface area contributed by atoms with E-state index in [9.17, 15) is 14.7 Å². The van der Waals surface area contributed by atoms with Crippen LogP contribution in [0.1, 0.15) is 17.3 Å². The van der Waals surface area contributed by atoms with Crippen molar-refractivity contribution in [2.75, 3.05) is 0 Å². The standard InChI is InChI=1S/C16H15NO4.Na.H/c17-13(10-11-6-2-1-3-7-11)16(20)21-15(19)12-8-4-5-9-14(12)18;;/h1-9,13,18H,10,17H2;;/q;+1;-1/t13-;;/m0../s1. The molecule has 2 aromatic carbocycles. The summed E-state index contributed by atoms with van der Waals surface area (Å²) >= 11 is 0. The molecule has 0 aliphatic carbocycles. The van der Waals surface area contributed by atoms with Gasteiger partial charge in [0.2, 0.25) is 0 Å². The summed E-state index contributed by atoms with van der Waals surface area (Å²) in [5, 5.41) is 9.52. The smallest absolute Gasteiger partial charge is 1.00 e. The molecule has 0 bridgehead atoms. The third kappa shape index (κ3) is 4.96. The fourth-order valence-electron chi connectivity index (χ4n) is 1.82. The van der Waals surface area contributed by atoms with Gasteiger partial charge in [-0.1, -0.05) is 42.5 Å². The average Bonchev–Trinajstić information content (AvgIpc) is 2.48. The second kappa shape index (κ2) is 8.70. The van der Waals surface area contributed by atoms with Crippen LogP contribution < -0.4 is 35.3 Å². The van der Waals surface area contributed by atoms with Crippen molar-refractivity contribution < 1.29 is 50.4 Å². The second-order valence-corrected chi connectivity index (χ2v) is 4.52. The first-order chi connectivity index (χ1) is 10.1. The molecule has 6 heteroatoms. The minimum Gasteiger partial charge on any atom is -1.00 e. The van der Waals surface area contributed by atoms with Crippen LogP contribution in [0.15, 0.2) is 54.6 Å². The molecule has 0 amide bonds. The Bertz CT molecular complexity index is 652. The van der Waals surface area contributed by atoms with Gasteiger partial charge in [0, 0.05) is 0 Å². The van der Waals surface area contributed by atoms with E-state index in [1.54, 1.807) is 12.1 Å². The van der Waals surface area contributed by atoms with Crippen molar-refractivity contribution in [1.82, 2.24) is 0 Å². The van der Waals surface area contributed by atoms with E-state index in [0.29, 0.717) is 0 Å². The van der Waals surface area contributed by atoms with Crippen molar-refractivity contribution in [3.8, 4) is 5.75 Å². The van der Waals surface area contributed by atoms with Crippen LogP contribution in [0.2, 0.25) is 0 Å². The SMILES string of the molecule is N[C@@H](Cc1ccccc1)C(=O)OC(=O)c1ccccc1O.[H-].[Na+]. The van der Waals surface area contributed by atoms with Crippen LogP contribution in [0.25, 0.3) is 0 Å². The van der Waals surface area contributed by atoms with E-state index in [1.165, 1.54) is 12.1 Å². The summed E-state index contributed by atoms with van der Waals surface area (Å²) in [6, 6.07) is 14.1. The molecule has 1 atom stereocenters. The van der Waals surface area contributed by atoms with E-state index in [4.69, 9.17) is 5.73 Å². The number of nitrogens with two attached hydrogens (primary N) is 1. The predicted molar refractivity (Wildman–Crippen MR) is 77.8 cm³/mol. The summed E-state index contributed by atoms with van der Waals surface area (Å²) in [6.07, 6.45) is 0.272. The fraction of sp³-hybridized carbons (Fsp3) is 0.125. The average molecular weight is 309 g/mol. The zero-order valence-corrected chi connectivity index (χ0v) is 14.2. The fourth-order valence-corrected chi connectivity index (χ4v) is 1.82. The molecule has 0 aromatic heterocycles. The summed E-state index contributed by atoms with van der Waals surface area (Å²) in [7, 11) is 0. The molecule has 0 radical (unpaired) electrons. The van der Waals surface area contributed by atoms with Gasteiger partial charge in [-0.15, -0.1) is 0 Å². The summed E-state index contributed by atoms with van der Waals surface area (Å²) in [6.45, 7) is 0. The Morgan fingerprint density at radius 3 is 2.32 bits per heavy atom. The number of phenols is 1. The maximum absolute atomic E-state index is 11.8. The summed E-state index contributed by atoms with van der Waals surface area (Å²) in [5.74, 6) is -1.99. The van der Waals surface area contributed by atoms with Crippen LogP contribution in [0.4, 0.5) is 0 Å². The summed E-state index contributed by atoms with van der Waals surface area (Å²) in [4.78, 5) is 23.6. The number of ether oxygens (including phenoxy) is 1. The third-order valence-electron chi connectivity index (χ3n) is 2.92. The Labute approximate surface area is 151 Å². The number of phenolic OH excluding ortho intramolecular Hbond substituents is 1. The molecule has 110 valence electrons. The van der Waals surface area contributed by atoms with E-state index in [0.717, 1.165) is 5.56 Å². The first-order valence-electron chi connectivity index (χ1n) is 6.41. The number of hydrogen-bond acceptors (Lipinski definition) is 5. The largest absolute Gasteiger partial charge is 1.00 e. The molecule has 0 spiro atoms. The van der Waals surface area contributed by atoms with Crippen molar-refractivity contribution in [2.24, 2.45) is 5.73 Å². The Balaban J connectivity index is 0.00000242. The number of rotatable bonds is 4. The van der Waals surface area contributed by atoms with E-state index in [2.05, 4.69) is 4.74 Å². The summed E-state index contributed by atoms with van der Waals surface area (Å²) < 4.78 is 4.69. The van der Waals surface area contributed by atoms with Gasteiger partial charge in [-0.2, -0.15) is 0 Å². The van der Waals surface area contributed by atoms with Crippen LogP contribution in [0.3, 0.4) is 0 Å². The van der Waals surface area contributed by atoms with Gasteiger partial charge in [0.05, 0.1) is 0 Å². The van der Waals surface area contributed by atoms with Crippen LogP contribution in [0, 0.1) is 0 Å². The van der Waals surface area contributed by atoms with Gasteiger partial charge >= 0.3 is 41.5 Å². The molecular weight excluding hydrogens is 293 g/mol. The molecule has 0 aliphatic rings. The van der Waals surface area contributed by atoms with Crippen molar-refractivity contribution in [3.05, 3.63) is 65.7 Å².